The fourth-order valence-corrected chi connectivity index (χ4v) is 8.20. The van der Waals surface area contributed by atoms with Crippen LogP contribution in [0.4, 0.5) is 0 Å². The molecule has 0 saturated heterocycles. The second kappa shape index (κ2) is 55.2. The van der Waals surface area contributed by atoms with Gasteiger partial charge in [0.05, 0.1) is 52.9 Å². The predicted octanol–water partition coefficient (Wildman–Crippen LogP) is 8.28. The first-order chi connectivity index (χ1) is 40.0. The van der Waals surface area contributed by atoms with Crippen molar-refractivity contribution in [3.63, 3.8) is 0 Å². The Balaban J connectivity index is -0.000000333. The molecule has 0 spiro atoms. The number of carboxylic acid groups (broad SMARTS) is 4. The first-order valence-electron chi connectivity index (χ1n) is 32.1. The summed E-state index contributed by atoms with van der Waals surface area (Å²) in [6.07, 6.45) is 16.5. The summed E-state index contributed by atoms with van der Waals surface area (Å²) < 4.78 is 43.1. The van der Waals surface area contributed by atoms with Crippen LogP contribution in [0.3, 0.4) is 0 Å². The Bertz CT molecular complexity index is 1460. The third-order valence-electron chi connectivity index (χ3n) is 14.2. The summed E-state index contributed by atoms with van der Waals surface area (Å²) in [5.41, 5.74) is 0. The molecule has 496 valence electrons. The SMILES string of the molecule is CCCCOC(OCCCC)(C(=O)[O-])C(=O)C(CC)CC.CCCCOC(OCCCC)(C(=O)[O-])C(=O)C(CC)CC.CCCCOC(OCCCC)(C(=O)[O-])C(=O)C(CC)CC.CCCCOC(OCCCC)(C(=O)[O-])C(=O)C(CC)CC.[Zr+4]. The van der Waals surface area contributed by atoms with Crippen molar-refractivity contribution in [1.29, 1.82) is 0 Å². The van der Waals surface area contributed by atoms with Crippen LogP contribution < -0.4 is 20.4 Å². The topological polar surface area (TPSA) is 303 Å². The van der Waals surface area contributed by atoms with Crippen molar-refractivity contribution in [2.24, 2.45) is 23.7 Å². The van der Waals surface area contributed by atoms with Crippen LogP contribution in [-0.4, -0.2) is 123 Å². The van der Waals surface area contributed by atoms with Crippen LogP contribution in [0.1, 0.15) is 265 Å². The van der Waals surface area contributed by atoms with Gasteiger partial charge in [-0.25, -0.2) is 0 Å². The van der Waals surface area contributed by atoms with Crippen LogP contribution in [-0.2, 0) is 102 Å². The summed E-state index contributed by atoms with van der Waals surface area (Å²) in [5.74, 6) is -19.1. The molecule has 0 aliphatic rings. The molecule has 0 aromatic carbocycles. The third-order valence-corrected chi connectivity index (χ3v) is 14.2. The number of unbranched alkanes of at least 4 members (excludes halogenated alkanes) is 8. The molecule has 0 atom stereocenters. The molecule has 0 saturated carbocycles. The van der Waals surface area contributed by atoms with E-state index in [9.17, 15) is 58.8 Å². The van der Waals surface area contributed by atoms with Gasteiger partial charge < -0.3 is 77.5 Å². The number of carbonyl (C=O) groups excluding carboxylic acids is 8. The molecule has 0 radical (unpaired) electrons. The number of carboxylic acids is 4. The van der Waals surface area contributed by atoms with Gasteiger partial charge in [-0.2, -0.15) is 0 Å². The summed E-state index contributed by atoms with van der Waals surface area (Å²) in [5, 5.41) is 46.4. The van der Waals surface area contributed by atoms with Crippen molar-refractivity contribution < 1.29 is 123 Å². The number of ketones is 4. The number of aliphatic carboxylic acids is 4. The molecule has 20 nitrogen and oxygen atoms in total. The monoisotopic (exact) mass is 1290 g/mol. The van der Waals surface area contributed by atoms with Crippen molar-refractivity contribution in [2.75, 3.05) is 52.9 Å². The molecule has 85 heavy (non-hydrogen) atoms. The maximum Gasteiger partial charge on any atom is 4.00 e. The van der Waals surface area contributed by atoms with Crippen molar-refractivity contribution in [3.05, 3.63) is 0 Å². The van der Waals surface area contributed by atoms with E-state index in [2.05, 4.69) is 0 Å². The van der Waals surface area contributed by atoms with Crippen LogP contribution in [0.5, 0.6) is 0 Å². The zero-order valence-corrected chi connectivity index (χ0v) is 58.1. The van der Waals surface area contributed by atoms with Gasteiger partial charge in [-0.1, -0.05) is 162 Å². The average Bonchev–Trinajstić information content (AvgIpc) is 3.54. The molecule has 0 aromatic heterocycles. The maximum absolute atomic E-state index is 12.6. The molecule has 0 aliphatic carbocycles. The Hall–Kier alpha value is -2.88. The van der Waals surface area contributed by atoms with E-state index in [0.717, 1.165) is 51.4 Å². The standard InChI is InChI=1S/4C16H30O5.Zr/c4*1-5-9-11-20-16(15(18)19,21-12-10-6-2)14(17)13(7-3)8-4;/h4*13H,5-12H2,1-4H3,(H,18,19);/q;;;;+4/p-4. The summed E-state index contributed by atoms with van der Waals surface area (Å²) in [7, 11) is 0. The van der Waals surface area contributed by atoms with E-state index in [1.54, 1.807) is 0 Å². The van der Waals surface area contributed by atoms with Crippen LogP contribution in [0.2, 0.25) is 0 Å². The van der Waals surface area contributed by atoms with Crippen molar-refractivity contribution in [1.82, 2.24) is 0 Å². The van der Waals surface area contributed by atoms with Gasteiger partial charge >= 0.3 is 26.2 Å². The smallest absolute Gasteiger partial charge is 0.544 e. The van der Waals surface area contributed by atoms with Crippen LogP contribution in [0, 0.1) is 23.7 Å². The van der Waals surface area contributed by atoms with E-state index < -0.39 is 93.8 Å². The maximum atomic E-state index is 12.6. The van der Waals surface area contributed by atoms with E-state index >= 15 is 0 Å². The zero-order valence-electron chi connectivity index (χ0n) is 55.6. The van der Waals surface area contributed by atoms with Gasteiger partial charge in [-0.15, -0.1) is 0 Å². The minimum absolute atomic E-state index is 0. The summed E-state index contributed by atoms with van der Waals surface area (Å²) in [4.78, 5) is 96.8. The molecule has 0 N–H and O–H groups in total. The molecule has 0 bridgehead atoms. The molecule has 0 fully saturated rings. The Morgan fingerprint density at radius 1 is 0.247 bits per heavy atom. The molecule has 0 rings (SSSR count). The number of Topliss-reactive ketones (excluding diaryl/α,β-unsaturated/α-hetero) is 4. The number of ether oxygens (including phenoxy) is 8. The summed E-state index contributed by atoms with van der Waals surface area (Å²) >= 11 is 0. The Morgan fingerprint density at radius 2 is 0.353 bits per heavy atom. The van der Waals surface area contributed by atoms with Crippen molar-refractivity contribution >= 4 is 47.0 Å². The van der Waals surface area contributed by atoms with Gasteiger partial charge in [0, 0.05) is 23.7 Å². The first-order valence-corrected chi connectivity index (χ1v) is 32.1. The van der Waals surface area contributed by atoms with E-state index in [4.69, 9.17) is 37.9 Å². The Labute approximate surface area is 531 Å². The molecule has 21 heteroatoms. The second-order valence-electron chi connectivity index (χ2n) is 20.7. The average molecular weight is 1300 g/mol. The van der Waals surface area contributed by atoms with Gasteiger partial charge in [0.1, 0.15) is 23.9 Å². The number of hydrogen-bond acceptors (Lipinski definition) is 20. The largest absolute Gasteiger partial charge is 4.00 e. The number of rotatable bonds is 52. The number of carbonyl (C=O) groups is 8. The van der Waals surface area contributed by atoms with Gasteiger partial charge in [0.2, 0.25) is 23.1 Å². The van der Waals surface area contributed by atoms with E-state index in [1.807, 2.05) is 111 Å². The minimum Gasteiger partial charge on any atom is -0.544 e. The molecule has 0 aromatic rings. The quantitative estimate of drug-likeness (QED) is 0.0314. The fraction of sp³-hybridized carbons (Fsp3) is 0.875. The Kier molecular flexibility index (Phi) is 59.0. The van der Waals surface area contributed by atoms with Gasteiger partial charge in [-0.05, 0) is 103 Å². The zero-order chi connectivity index (χ0) is 65.2. The molecule has 0 amide bonds. The molecule has 0 heterocycles. The molecular weight excluding hydrogens is 1180 g/mol. The van der Waals surface area contributed by atoms with Crippen LogP contribution in [0.25, 0.3) is 0 Å². The third kappa shape index (κ3) is 32.4. The van der Waals surface area contributed by atoms with E-state index in [1.165, 1.54) is 0 Å². The van der Waals surface area contributed by atoms with Crippen molar-refractivity contribution in [2.45, 2.75) is 288 Å². The first kappa shape index (κ1) is 90.9. The molecule has 0 aliphatic heterocycles. The normalized spacial score (nSPS) is 11.7. The summed E-state index contributed by atoms with van der Waals surface area (Å²) in [6, 6.07) is 0. The fourth-order valence-electron chi connectivity index (χ4n) is 8.20. The van der Waals surface area contributed by atoms with Crippen LogP contribution >= 0.6 is 0 Å². The minimum atomic E-state index is -2.25. The van der Waals surface area contributed by atoms with Gasteiger partial charge in [0.25, 0.3) is 23.1 Å². The second-order valence-corrected chi connectivity index (χ2v) is 20.7. The number of hydrogen-bond donors (Lipinski definition) is 0. The predicted molar refractivity (Wildman–Crippen MR) is 314 cm³/mol. The van der Waals surface area contributed by atoms with Crippen LogP contribution in [0.15, 0.2) is 0 Å². The summed E-state index contributed by atoms with van der Waals surface area (Å²) in [6.45, 7) is 31.9. The van der Waals surface area contributed by atoms with Crippen molar-refractivity contribution in [3.8, 4) is 0 Å². The van der Waals surface area contributed by atoms with Gasteiger partial charge in [-0.3, -0.25) is 19.2 Å². The van der Waals surface area contributed by atoms with E-state index in [0.29, 0.717) is 103 Å². The van der Waals surface area contributed by atoms with E-state index in [-0.39, 0.29) is 79.1 Å². The molecule has 0 unspecified atom stereocenters. The molecular formula is C64H116O20Zr. The van der Waals surface area contributed by atoms with Gasteiger partial charge in [0.15, 0.2) is 0 Å². The Morgan fingerprint density at radius 3 is 0.424 bits per heavy atom.